The first-order valence-corrected chi connectivity index (χ1v) is 12.5. The van der Waals surface area contributed by atoms with Crippen molar-refractivity contribution in [2.75, 3.05) is 0 Å². The Morgan fingerprint density at radius 3 is 1.52 bits per heavy atom. The fourth-order valence-corrected chi connectivity index (χ4v) is 13.1. The molecule has 1 unspecified atom stereocenters. The molecule has 4 rings (SSSR count). The second kappa shape index (κ2) is 6.69. The molecule has 0 fully saturated rings. The van der Waals surface area contributed by atoms with Gasteiger partial charge in [-0.05, 0) is 0 Å². The molecule has 25 heavy (non-hydrogen) atoms. The van der Waals surface area contributed by atoms with E-state index in [1.54, 1.807) is 18.8 Å². The minimum atomic E-state index is -3.45. The molecule has 0 amide bonds. The number of allylic oxidation sites excluding steroid dienone is 1. The first-order valence-electron chi connectivity index (χ1n) is 8.17. The van der Waals surface area contributed by atoms with Crippen LogP contribution in [0, 0.1) is 0 Å². The summed E-state index contributed by atoms with van der Waals surface area (Å²) >= 11 is -3.45. The molecule has 0 bridgehead atoms. The van der Waals surface area contributed by atoms with Crippen molar-refractivity contribution in [1.29, 1.82) is 0 Å². The summed E-state index contributed by atoms with van der Waals surface area (Å²) in [6, 6.07) is 22.2. The Hall–Kier alpha value is -2.66. The van der Waals surface area contributed by atoms with Gasteiger partial charge in [0.2, 0.25) is 0 Å². The summed E-state index contributed by atoms with van der Waals surface area (Å²) in [6.07, 6.45) is 7.15. The molecule has 0 N–H and O–H groups in total. The van der Waals surface area contributed by atoms with E-state index in [-0.39, 0.29) is 4.75 Å². The summed E-state index contributed by atoms with van der Waals surface area (Å²) in [5.74, 6) is 0. The molecule has 0 saturated heterocycles. The van der Waals surface area contributed by atoms with Crippen LogP contribution in [-0.4, -0.2) is 13.3 Å². The maximum absolute atomic E-state index is 5.97. The average molecular weight is 391 g/mol. The Morgan fingerprint density at radius 2 is 1.16 bits per heavy atom. The van der Waals surface area contributed by atoms with E-state index in [2.05, 4.69) is 18.7 Å². The summed E-state index contributed by atoms with van der Waals surface area (Å²) in [6.45, 7) is 4.15. The van der Waals surface area contributed by atoms with Crippen LogP contribution in [0.5, 0.6) is 0 Å². The molecule has 0 radical (unpaired) electrons. The van der Waals surface area contributed by atoms with E-state index in [0.717, 1.165) is 13.8 Å². The summed E-state index contributed by atoms with van der Waals surface area (Å²) < 4.78 is 20.7. The van der Waals surface area contributed by atoms with Gasteiger partial charge in [-0.15, -0.1) is 0 Å². The second-order valence-corrected chi connectivity index (χ2v) is 13.7. The third-order valence-corrected chi connectivity index (χ3v) is 14.4. The van der Waals surface area contributed by atoms with E-state index in [1.807, 2.05) is 60.7 Å². The van der Waals surface area contributed by atoms with Crippen LogP contribution in [0.25, 0.3) is 0 Å². The van der Waals surface area contributed by atoms with Gasteiger partial charge in [-0.1, -0.05) is 0 Å². The zero-order chi connectivity index (χ0) is 17.1. The van der Waals surface area contributed by atoms with Crippen molar-refractivity contribution in [3.8, 4) is 0 Å². The average Bonchev–Trinajstić information content (AvgIpc) is 3.44. The van der Waals surface area contributed by atoms with Gasteiger partial charge in [0.05, 0.1) is 0 Å². The molecule has 3 nitrogen and oxygen atoms in total. The van der Waals surface area contributed by atoms with Gasteiger partial charge in [-0.3, -0.25) is 0 Å². The molecule has 0 saturated carbocycles. The van der Waals surface area contributed by atoms with Crippen LogP contribution in [0.2, 0.25) is 0 Å². The van der Waals surface area contributed by atoms with Crippen LogP contribution in [0.3, 0.4) is 0 Å². The zero-order valence-corrected chi connectivity index (χ0v) is 15.8. The van der Waals surface area contributed by atoms with Crippen LogP contribution in [0.1, 0.15) is 10.3 Å². The Morgan fingerprint density at radius 1 is 0.680 bits per heavy atom. The number of hydrogen-bond donors (Lipinski definition) is 0. The maximum atomic E-state index is 5.97. The van der Waals surface area contributed by atoms with E-state index in [9.17, 15) is 0 Å². The Bertz CT molecular complexity index is 823. The third kappa shape index (κ3) is 2.52. The van der Waals surface area contributed by atoms with E-state index >= 15 is 0 Å². The van der Waals surface area contributed by atoms with E-state index in [4.69, 9.17) is 13.3 Å². The standard InChI is InChI=1S/C21H18GeO3/c1-2-18(17-9-4-3-5-10-17)22(19-11-6-14-23-19,20-12-7-15-24-20)21-13-8-16-25-21/h2-16,18H,1H2. The Kier molecular flexibility index (Phi) is 4.24. The van der Waals surface area contributed by atoms with Gasteiger partial charge in [0.25, 0.3) is 0 Å². The number of rotatable bonds is 6. The van der Waals surface area contributed by atoms with E-state index in [0.29, 0.717) is 0 Å². The normalized spacial score (nSPS) is 12.8. The van der Waals surface area contributed by atoms with Crippen LogP contribution < -0.4 is 13.8 Å². The van der Waals surface area contributed by atoms with Crippen LogP contribution in [-0.2, 0) is 0 Å². The molecule has 0 spiro atoms. The first-order chi connectivity index (χ1) is 12.4. The zero-order valence-electron chi connectivity index (χ0n) is 13.7. The van der Waals surface area contributed by atoms with Crippen molar-refractivity contribution >= 4 is 27.0 Å². The van der Waals surface area contributed by atoms with Gasteiger partial charge in [-0.2, -0.15) is 0 Å². The van der Waals surface area contributed by atoms with Crippen LogP contribution in [0.4, 0.5) is 0 Å². The first kappa shape index (κ1) is 15.8. The van der Waals surface area contributed by atoms with Gasteiger partial charge in [-0.25, -0.2) is 0 Å². The van der Waals surface area contributed by atoms with Crippen molar-refractivity contribution in [2.24, 2.45) is 0 Å². The van der Waals surface area contributed by atoms with Crippen molar-refractivity contribution < 1.29 is 13.3 Å². The molecule has 4 heteroatoms. The van der Waals surface area contributed by atoms with Crippen molar-refractivity contribution in [3.63, 3.8) is 0 Å². The van der Waals surface area contributed by atoms with Gasteiger partial charge < -0.3 is 0 Å². The quantitative estimate of drug-likeness (QED) is 0.374. The Balaban J connectivity index is 2.06. The SMILES string of the molecule is C=C[CH](c1ccccc1)[Ge]([c]1ccco1)([c]1ccco1)[c]1ccco1. The summed E-state index contributed by atoms with van der Waals surface area (Å²) in [5, 5.41) is 0. The van der Waals surface area contributed by atoms with Gasteiger partial charge in [0.1, 0.15) is 0 Å². The molecule has 0 aliphatic heterocycles. The molecule has 0 aliphatic rings. The molecule has 3 heterocycles. The predicted octanol–water partition coefficient (Wildman–Crippen LogP) is 3.44. The number of benzene rings is 1. The third-order valence-electron chi connectivity index (χ3n) is 4.59. The molecule has 4 aromatic rings. The van der Waals surface area contributed by atoms with Crippen molar-refractivity contribution in [2.45, 2.75) is 4.75 Å². The molecule has 1 atom stereocenters. The fourth-order valence-electron chi connectivity index (χ4n) is 3.56. The molecule has 0 aliphatic carbocycles. The van der Waals surface area contributed by atoms with Gasteiger partial charge in [0, 0.05) is 0 Å². The second-order valence-electron chi connectivity index (χ2n) is 5.86. The topological polar surface area (TPSA) is 39.4 Å². The number of hydrogen-bond acceptors (Lipinski definition) is 3. The summed E-state index contributed by atoms with van der Waals surface area (Å²) in [5.41, 5.74) is 1.18. The van der Waals surface area contributed by atoms with Crippen molar-refractivity contribution in [1.82, 2.24) is 0 Å². The predicted molar refractivity (Wildman–Crippen MR) is 100 cm³/mol. The monoisotopic (exact) mass is 392 g/mol. The summed E-state index contributed by atoms with van der Waals surface area (Å²) in [4.78, 5) is 0. The number of furan rings is 3. The van der Waals surface area contributed by atoms with Crippen molar-refractivity contribution in [3.05, 3.63) is 104 Å². The van der Waals surface area contributed by atoms with Gasteiger partial charge in [0.15, 0.2) is 0 Å². The van der Waals surface area contributed by atoms with E-state index in [1.165, 1.54) is 5.56 Å². The molecule has 1 aromatic carbocycles. The molecule has 124 valence electrons. The van der Waals surface area contributed by atoms with Crippen LogP contribution in [0.15, 0.2) is 111 Å². The fraction of sp³-hybridized carbons (Fsp3) is 0.0476. The molecule has 3 aromatic heterocycles. The molecular weight excluding hydrogens is 373 g/mol. The molecular formula is C21H18GeO3. The minimum absolute atomic E-state index is 0.0460. The Labute approximate surface area is 148 Å². The van der Waals surface area contributed by atoms with E-state index < -0.39 is 13.3 Å². The van der Waals surface area contributed by atoms with Gasteiger partial charge >= 0.3 is 149 Å². The van der Waals surface area contributed by atoms with Crippen LogP contribution >= 0.6 is 0 Å². The summed E-state index contributed by atoms with van der Waals surface area (Å²) in [7, 11) is 0.